The van der Waals surface area contributed by atoms with Crippen molar-refractivity contribution in [1.29, 1.82) is 0 Å². The first-order valence-corrected chi connectivity index (χ1v) is 10.9. The van der Waals surface area contributed by atoms with E-state index in [-0.39, 0.29) is 6.10 Å². The molecule has 2 nitrogen and oxygen atoms in total. The Hall–Kier alpha value is -2.36. The summed E-state index contributed by atoms with van der Waals surface area (Å²) in [5.41, 5.74) is -3.11. The van der Waals surface area contributed by atoms with E-state index in [1.807, 2.05) is 0 Å². The quantitative estimate of drug-likeness (QED) is 0.344. The van der Waals surface area contributed by atoms with Crippen molar-refractivity contribution in [2.45, 2.75) is 63.8 Å². The number of ether oxygens (including phenoxy) is 2. The van der Waals surface area contributed by atoms with Crippen LogP contribution in [-0.2, 0) is 10.9 Å². The number of alkyl halides is 5. The molecule has 0 amide bonds. The van der Waals surface area contributed by atoms with Gasteiger partial charge in [0, 0.05) is 11.6 Å². The van der Waals surface area contributed by atoms with Gasteiger partial charge in [-0.1, -0.05) is 19.8 Å². The third kappa shape index (κ3) is 6.61. The predicted octanol–water partition coefficient (Wildman–Crippen LogP) is 8.14. The van der Waals surface area contributed by atoms with E-state index in [4.69, 9.17) is 4.74 Å². The highest BCUT2D eigenvalue weighted by Crippen LogP contribution is 2.37. The van der Waals surface area contributed by atoms with Gasteiger partial charge in [-0.3, -0.25) is 0 Å². The molecule has 3 rings (SSSR count). The van der Waals surface area contributed by atoms with Crippen molar-refractivity contribution in [3.8, 4) is 16.9 Å². The first-order chi connectivity index (χ1) is 15.9. The van der Waals surface area contributed by atoms with Gasteiger partial charge in [-0.25, -0.2) is 13.2 Å². The second-order valence-corrected chi connectivity index (χ2v) is 8.44. The average Bonchev–Trinajstić information content (AvgIpc) is 2.72. The smallest absolute Gasteiger partial charge is 0.422 e. The van der Waals surface area contributed by atoms with E-state index in [0.717, 1.165) is 37.8 Å². The van der Waals surface area contributed by atoms with Crippen molar-refractivity contribution in [3.05, 3.63) is 53.3 Å². The van der Waals surface area contributed by atoms with Crippen molar-refractivity contribution in [2.24, 2.45) is 5.92 Å². The molecule has 0 unspecified atom stereocenters. The van der Waals surface area contributed by atoms with Gasteiger partial charge in [0.2, 0.25) is 0 Å². The van der Waals surface area contributed by atoms with Crippen LogP contribution in [0.25, 0.3) is 11.1 Å². The van der Waals surface area contributed by atoms with Crippen LogP contribution in [0.5, 0.6) is 5.75 Å². The second kappa shape index (κ2) is 10.5. The predicted molar refractivity (Wildman–Crippen MR) is 109 cm³/mol. The van der Waals surface area contributed by atoms with Crippen LogP contribution in [0, 0.1) is 23.4 Å². The lowest BCUT2D eigenvalue weighted by molar-refractivity contribution is -0.222. The molecular formula is C24H24F8O2. The highest BCUT2D eigenvalue weighted by molar-refractivity contribution is 5.66. The van der Waals surface area contributed by atoms with Gasteiger partial charge in [-0.15, -0.1) is 0 Å². The van der Waals surface area contributed by atoms with Gasteiger partial charge >= 0.3 is 12.3 Å². The molecule has 0 bridgehead atoms. The van der Waals surface area contributed by atoms with E-state index in [0.29, 0.717) is 37.0 Å². The van der Waals surface area contributed by atoms with Crippen LogP contribution in [0.1, 0.15) is 51.0 Å². The van der Waals surface area contributed by atoms with Gasteiger partial charge in [0.15, 0.2) is 6.61 Å². The summed E-state index contributed by atoms with van der Waals surface area (Å²) >= 11 is 0. The summed E-state index contributed by atoms with van der Waals surface area (Å²) in [6, 6.07) is 3.02. The molecule has 0 N–H and O–H groups in total. The van der Waals surface area contributed by atoms with Crippen LogP contribution < -0.4 is 4.74 Å². The van der Waals surface area contributed by atoms with Crippen molar-refractivity contribution in [1.82, 2.24) is 0 Å². The minimum Gasteiger partial charge on any atom is -0.431 e. The Morgan fingerprint density at radius 2 is 1.47 bits per heavy atom. The van der Waals surface area contributed by atoms with Crippen LogP contribution in [0.2, 0.25) is 0 Å². The molecule has 188 valence electrons. The van der Waals surface area contributed by atoms with Crippen molar-refractivity contribution in [2.75, 3.05) is 6.61 Å². The lowest BCUT2D eigenvalue weighted by atomic mass is 9.85. The molecule has 34 heavy (non-hydrogen) atoms. The largest absolute Gasteiger partial charge is 0.431 e. The van der Waals surface area contributed by atoms with E-state index in [1.54, 1.807) is 0 Å². The van der Waals surface area contributed by atoms with Gasteiger partial charge in [0.05, 0.1) is 6.10 Å². The first kappa shape index (κ1) is 26.2. The zero-order chi connectivity index (χ0) is 25.1. The maximum absolute atomic E-state index is 14.5. The summed E-state index contributed by atoms with van der Waals surface area (Å²) < 4.78 is 118. The van der Waals surface area contributed by atoms with Crippen LogP contribution in [-0.4, -0.2) is 18.8 Å². The van der Waals surface area contributed by atoms with E-state index < -0.39 is 58.8 Å². The standard InChI is InChI=1S/C24H24F8O2/c1-2-3-14-4-6-16(7-5-14)33-13-23(28,29)34-17-8-9-18(19(25)12-17)15-10-20(26)22(21(27)11-15)24(30,31)32/h8-12,14,16H,2-7,13H2,1H3. The normalized spacial score (nSPS) is 19.3. The molecule has 1 aliphatic carbocycles. The van der Waals surface area contributed by atoms with Gasteiger partial charge < -0.3 is 9.47 Å². The fourth-order valence-electron chi connectivity index (χ4n) is 4.21. The van der Waals surface area contributed by atoms with Crippen molar-refractivity contribution >= 4 is 0 Å². The maximum atomic E-state index is 14.5. The summed E-state index contributed by atoms with van der Waals surface area (Å²) in [6.45, 7) is 1.06. The highest BCUT2D eigenvalue weighted by atomic mass is 19.4. The van der Waals surface area contributed by atoms with Crippen LogP contribution >= 0.6 is 0 Å². The Kier molecular flexibility index (Phi) is 8.10. The van der Waals surface area contributed by atoms with Crippen molar-refractivity contribution < 1.29 is 44.6 Å². The molecule has 0 radical (unpaired) electrons. The summed E-state index contributed by atoms with van der Waals surface area (Å²) in [4.78, 5) is 0. The Bertz CT molecular complexity index is 958. The maximum Gasteiger partial charge on any atom is 0.422 e. The fourth-order valence-corrected chi connectivity index (χ4v) is 4.21. The molecule has 0 atom stereocenters. The van der Waals surface area contributed by atoms with Crippen molar-refractivity contribution in [3.63, 3.8) is 0 Å². The minimum absolute atomic E-state index is 0.314. The molecule has 2 aromatic carbocycles. The molecule has 0 saturated heterocycles. The van der Waals surface area contributed by atoms with E-state index in [1.165, 1.54) is 0 Å². The molecule has 1 fully saturated rings. The van der Waals surface area contributed by atoms with Gasteiger partial charge in [0.1, 0.15) is 28.8 Å². The Labute approximate surface area is 191 Å². The lowest BCUT2D eigenvalue weighted by Crippen LogP contribution is -2.34. The zero-order valence-electron chi connectivity index (χ0n) is 18.3. The number of halogens is 8. The van der Waals surface area contributed by atoms with Crippen LogP contribution in [0.4, 0.5) is 35.1 Å². The summed E-state index contributed by atoms with van der Waals surface area (Å²) in [6.07, 6.45) is -4.03. The fraction of sp³-hybridized carbons (Fsp3) is 0.500. The Morgan fingerprint density at radius 3 is 2.00 bits per heavy atom. The monoisotopic (exact) mass is 496 g/mol. The number of rotatable bonds is 8. The zero-order valence-corrected chi connectivity index (χ0v) is 18.3. The summed E-state index contributed by atoms with van der Waals surface area (Å²) in [5.74, 6) is -5.05. The third-order valence-corrected chi connectivity index (χ3v) is 5.82. The van der Waals surface area contributed by atoms with E-state index >= 15 is 0 Å². The van der Waals surface area contributed by atoms with E-state index in [9.17, 15) is 35.1 Å². The molecule has 0 heterocycles. The second-order valence-electron chi connectivity index (χ2n) is 8.44. The highest BCUT2D eigenvalue weighted by Gasteiger charge is 2.38. The van der Waals surface area contributed by atoms with E-state index in [2.05, 4.69) is 11.7 Å². The topological polar surface area (TPSA) is 18.5 Å². The van der Waals surface area contributed by atoms with Gasteiger partial charge in [-0.05, 0) is 61.4 Å². The lowest BCUT2D eigenvalue weighted by Gasteiger charge is -2.29. The SMILES string of the molecule is CCCC1CCC(OCC(F)(F)Oc2ccc(-c3cc(F)c(C(F)(F)F)c(F)c3)c(F)c2)CC1. The molecule has 0 aromatic heterocycles. The molecule has 1 aliphatic rings. The Morgan fingerprint density at radius 1 is 0.853 bits per heavy atom. The molecule has 0 aliphatic heterocycles. The molecule has 1 saturated carbocycles. The first-order valence-electron chi connectivity index (χ1n) is 10.9. The van der Waals surface area contributed by atoms with Crippen LogP contribution in [0.15, 0.2) is 30.3 Å². The average molecular weight is 496 g/mol. The third-order valence-electron chi connectivity index (χ3n) is 5.82. The molecule has 10 heteroatoms. The Balaban J connectivity index is 1.65. The summed E-state index contributed by atoms with van der Waals surface area (Å²) in [7, 11) is 0. The summed E-state index contributed by atoms with van der Waals surface area (Å²) in [5, 5.41) is 0. The van der Waals surface area contributed by atoms with Crippen LogP contribution in [0.3, 0.4) is 0 Å². The minimum atomic E-state index is -5.27. The van der Waals surface area contributed by atoms with Gasteiger partial charge in [0.25, 0.3) is 0 Å². The molecular weight excluding hydrogens is 472 g/mol. The number of hydrogen-bond donors (Lipinski definition) is 0. The molecule has 0 spiro atoms. The number of benzene rings is 2. The number of hydrogen-bond acceptors (Lipinski definition) is 2. The molecule has 2 aromatic rings. The van der Waals surface area contributed by atoms with Gasteiger partial charge in [-0.2, -0.15) is 22.0 Å².